The van der Waals surface area contributed by atoms with E-state index in [9.17, 15) is 4.79 Å². The molecule has 6 nitrogen and oxygen atoms in total. The van der Waals surface area contributed by atoms with E-state index in [0.717, 1.165) is 31.6 Å². The highest BCUT2D eigenvalue weighted by Crippen LogP contribution is 2.24. The SMILES string of the molecule is O=C(NCC[C@@H]1CN(Cc2ccncc2)Cc2ccnn21)c1ccsc1. The fourth-order valence-electron chi connectivity index (χ4n) is 3.39. The van der Waals surface area contributed by atoms with Crippen LogP contribution in [0.3, 0.4) is 0 Å². The standard InChI is InChI=1S/C19H21N5OS/c25-19(16-5-10-26-14-16)21-8-3-17-12-23(11-15-1-6-20-7-2-15)13-18-4-9-22-24(17)18/h1-2,4-7,9-10,14,17H,3,8,11-13H2,(H,21,25)/t17-/m1/s1. The smallest absolute Gasteiger partial charge is 0.252 e. The summed E-state index contributed by atoms with van der Waals surface area (Å²) in [4.78, 5) is 18.6. The van der Waals surface area contributed by atoms with Crippen molar-refractivity contribution in [3.05, 3.63) is 70.4 Å². The molecule has 1 N–H and O–H groups in total. The zero-order valence-electron chi connectivity index (χ0n) is 14.4. The second-order valence-electron chi connectivity index (χ2n) is 6.50. The molecule has 3 aromatic rings. The van der Waals surface area contributed by atoms with Crippen molar-refractivity contribution in [2.24, 2.45) is 0 Å². The van der Waals surface area contributed by atoms with Crippen LogP contribution in [0, 0.1) is 0 Å². The third-order valence-electron chi connectivity index (χ3n) is 4.65. The molecule has 1 amide bonds. The summed E-state index contributed by atoms with van der Waals surface area (Å²) < 4.78 is 2.11. The zero-order chi connectivity index (χ0) is 17.8. The molecule has 3 aromatic heterocycles. The molecule has 0 unspecified atom stereocenters. The quantitative estimate of drug-likeness (QED) is 0.728. The molecule has 1 aliphatic heterocycles. The van der Waals surface area contributed by atoms with E-state index in [2.05, 4.69) is 43.2 Å². The van der Waals surface area contributed by atoms with E-state index in [1.807, 2.05) is 35.4 Å². The van der Waals surface area contributed by atoms with Crippen LogP contribution >= 0.6 is 11.3 Å². The normalized spacial score (nSPS) is 17.0. The van der Waals surface area contributed by atoms with Crippen molar-refractivity contribution in [3.63, 3.8) is 0 Å². The van der Waals surface area contributed by atoms with Crippen molar-refractivity contribution in [3.8, 4) is 0 Å². The fourth-order valence-corrected chi connectivity index (χ4v) is 4.03. The predicted molar refractivity (Wildman–Crippen MR) is 101 cm³/mol. The lowest BCUT2D eigenvalue weighted by molar-refractivity contribution is 0.0947. The van der Waals surface area contributed by atoms with Gasteiger partial charge in [0.05, 0.1) is 11.7 Å². The molecule has 4 rings (SSSR count). The summed E-state index contributed by atoms with van der Waals surface area (Å²) in [6.07, 6.45) is 6.39. The molecule has 1 atom stereocenters. The number of nitrogens with zero attached hydrogens (tertiary/aromatic N) is 4. The van der Waals surface area contributed by atoms with Gasteiger partial charge in [0, 0.05) is 55.7 Å². The summed E-state index contributed by atoms with van der Waals surface area (Å²) in [5.41, 5.74) is 3.22. The molecule has 0 aliphatic carbocycles. The molecule has 0 fully saturated rings. The van der Waals surface area contributed by atoms with Crippen molar-refractivity contribution in [2.75, 3.05) is 13.1 Å². The van der Waals surface area contributed by atoms with E-state index in [1.54, 1.807) is 0 Å². The van der Waals surface area contributed by atoms with Crippen LogP contribution in [0.2, 0.25) is 0 Å². The van der Waals surface area contributed by atoms with E-state index in [-0.39, 0.29) is 11.9 Å². The number of amides is 1. The average molecular weight is 367 g/mol. The first-order valence-electron chi connectivity index (χ1n) is 8.73. The number of hydrogen-bond acceptors (Lipinski definition) is 5. The second-order valence-corrected chi connectivity index (χ2v) is 7.28. The highest BCUT2D eigenvalue weighted by atomic mass is 32.1. The first-order chi connectivity index (χ1) is 12.8. The molecule has 26 heavy (non-hydrogen) atoms. The Hall–Kier alpha value is -2.51. The topological polar surface area (TPSA) is 63.1 Å². The van der Waals surface area contributed by atoms with Gasteiger partial charge in [-0.05, 0) is 41.6 Å². The molecule has 1 aliphatic rings. The van der Waals surface area contributed by atoms with Gasteiger partial charge in [0.25, 0.3) is 5.91 Å². The lowest BCUT2D eigenvalue weighted by Gasteiger charge is -2.34. The Balaban J connectivity index is 1.38. The van der Waals surface area contributed by atoms with Crippen molar-refractivity contribution in [2.45, 2.75) is 25.6 Å². The molecule has 134 valence electrons. The Morgan fingerprint density at radius 3 is 2.92 bits per heavy atom. The van der Waals surface area contributed by atoms with Gasteiger partial charge in [-0.1, -0.05) is 0 Å². The first-order valence-corrected chi connectivity index (χ1v) is 9.68. The average Bonchev–Trinajstić information content (AvgIpc) is 3.34. The molecule has 0 radical (unpaired) electrons. The number of carbonyl (C=O) groups is 1. The van der Waals surface area contributed by atoms with E-state index in [0.29, 0.717) is 6.54 Å². The number of nitrogens with one attached hydrogen (secondary N) is 1. The highest BCUT2D eigenvalue weighted by Gasteiger charge is 2.25. The summed E-state index contributed by atoms with van der Waals surface area (Å²) in [7, 11) is 0. The number of carbonyl (C=O) groups excluding carboxylic acids is 1. The summed E-state index contributed by atoms with van der Waals surface area (Å²) in [6, 6.07) is 8.31. The third kappa shape index (κ3) is 3.84. The van der Waals surface area contributed by atoms with E-state index in [4.69, 9.17) is 0 Å². The van der Waals surface area contributed by atoms with Gasteiger partial charge in [-0.25, -0.2) is 0 Å². The fraction of sp³-hybridized carbons (Fsp3) is 0.316. The van der Waals surface area contributed by atoms with Crippen LogP contribution < -0.4 is 5.32 Å². The van der Waals surface area contributed by atoms with Crippen LogP contribution in [0.25, 0.3) is 0 Å². The summed E-state index contributed by atoms with van der Waals surface area (Å²) in [6.45, 7) is 3.35. The molecular formula is C19H21N5OS. The van der Waals surface area contributed by atoms with Crippen molar-refractivity contribution >= 4 is 17.2 Å². The van der Waals surface area contributed by atoms with Gasteiger partial charge in [-0.15, -0.1) is 0 Å². The molecular weight excluding hydrogens is 346 g/mol. The van der Waals surface area contributed by atoms with Crippen molar-refractivity contribution in [1.82, 2.24) is 25.0 Å². The molecule has 0 bridgehead atoms. The molecule has 0 spiro atoms. The molecule has 0 saturated heterocycles. The van der Waals surface area contributed by atoms with Gasteiger partial charge in [0.15, 0.2) is 0 Å². The number of pyridine rings is 1. The van der Waals surface area contributed by atoms with Gasteiger partial charge >= 0.3 is 0 Å². The minimum atomic E-state index is -0.00334. The second kappa shape index (κ2) is 7.80. The van der Waals surface area contributed by atoms with Gasteiger partial charge in [-0.2, -0.15) is 16.4 Å². The predicted octanol–water partition coefficient (Wildman–Crippen LogP) is 2.72. The zero-order valence-corrected chi connectivity index (χ0v) is 15.2. The minimum absolute atomic E-state index is 0.00334. The highest BCUT2D eigenvalue weighted by molar-refractivity contribution is 7.08. The summed E-state index contributed by atoms with van der Waals surface area (Å²) in [5.74, 6) is -0.00334. The van der Waals surface area contributed by atoms with Gasteiger partial charge < -0.3 is 5.32 Å². The Kier molecular flexibility index (Phi) is 5.08. The monoisotopic (exact) mass is 367 g/mol. The molecule has 0 aromatic carbocycles. The molecule has 7 heteroatoms. The lowest BCUT2D eigenvalue weighted by atomic mass is 10.1. The van der Waals surface area contributed by atoms with Crippen LogP contribution in [0.4, 0.5) is 0 Å². The first kappa shape index (κ1) is 16.9. The van der Waals surface area contributed by atoms with Crippen LogP contribution in [-0.4, -0.2) is 38.7 Å². The van der Waals surface area contributed by atoms with Crippen molar-refractivity contribution < 1.29 is 4.79 Å². The Morgan fingerprint density at radius 1 is 1.23 bits per heavy atom. The van der Waals surface area contributed by atoms with Crippen LogP contribution in [0.15, 0.2) is 53.6 Å². The van der Waals surface area contributed by atoms with Crippen molar-refractivity contribution in [1.29, 1.82) is 0 Å². The molecule has 0 saturated carbocycles. The Morgan fingerprint density at radius 2 is 2.12 bits per heavy atom. The van der Waals surface area contributed by atoms with E-state index in [1.165, 1.54) is 22.6 Å². The minimum Gasteiger partial charge on any atom is -0.352 e. The van der Waals surface area contributed by atoms with Gasteiger partial charge in [0.1, 0.15) is 0 Å². The van der Waals surface area contributed by atoms with E-state index < -0.39 is 0 Å². The maximum absolute atomic E-state index is 12.1. The number of aromatic nitrogens is 3. The van der Waals surface area contributed by atoms with Gasteiger partial charge in [0.2, 0.25) is 0 Å². The number of thiophene rings is 1. The number of rotatable bonds is 6. The lowest BCUT2D eigenvalue weighted by Crippen LogP contribution is -2.38. The van der Waals surface area contributed by atoms with Gasteiger partial charge in [-0.3, -0.25) is 19.4 Å². The maximum Gasteiger partial charge on any atom is 0.252 e. The number of fused-ring (bicyclic) bond motifs is 1. The Bertz CT molecular complexity index is 846. The van der Waals surface area contributed by atoms with E-state index >= 15 is 0 Å². The van der Waals surface area contributed by atoms with Crippen LogP contribution in [0.1, 0.15) is 34.1 Å². The molecule has 4 heterocycles. The number of hydrogen-bond donors (Lipinski definition) is 1. The maximum atomic E-state index is 12.1. The van der Waals surface area contributed by atoms with Crippen LogP contribution in [-0.2, 0) is 13.1 Å². The van der Waals surface area contributed by atoms with Crippen LogP contribution in [0.5, 0.6) is 0 Å². The summed E-state index contributed by atoms with van der Waals surface area (Å²) in [5, 5.41) is 11.3. The largest absolute Gasteiger partial charge is 0.352 e. The third-order valence-corrected chi connectivity index (χ3v) is 5.34. The Labute approximate surface area is 156 Å². The summed E-state index contributed by atoms with van der Waals surface area (Å²) >= 11 is 1.54.